The van der Waals surface area contributed by atoms with Crippen LogP contribution in [0.25, 0.3) is 0 Å². The number of amides is 1. The van der Waals surface area contributed by atoms with Crippen LogP contribution in [0.1, 0.15) is 31.2 Å². The maximum atomic E-state index is 12.5. The molecule has 0 saturated carbocycles. The van der Waals surface area contributed by atoms with E-state index in [1.807, 2.05) is 37.3 Å². The summed E-state index contributed by atoms with van der Waals surface area (Å²) in [6.45, 7) is 4.08. The van der Waals surface area contributed by atoms with Crippen molar-refractivity contribution in [1.82, 2.24) is 4.90 Å². The lowest BCUT2D eigenvalue weighted by Gasteiger charge is -2.37. The Morgan fingerprint density at radius 3 is 2.68 bits per heavy atom. The molecule has 3 atom stereocenters. The summed E-state index contributed by atoms with van der Waals surface area (Å²) in [5.41, 5.74) is 1.07. The zero-order chi connectivity index (χ0) is 17.8. The normalized spacial score (nSPS) is 25.3. The third-order valence-corrected chi connectivity index (χ3v) is 4.86. The zero-order valence-corrected chi connectivity index (χ0v) is 15.1. The van der Waals surface area contributed by atoms with E-state index in [0.29, 0.717) is 23.8 Å². The number of hydrogen-bond acceptors (Lipinski definition) is 4. The smallest absolute Gasteiger partial charge is 0.288 e. The van der Waals surface area contributed by atoms with Crippen molar-refractivity contribution in [2.24, 2.45) is 5.92 Å². The molecule has 3 rings (SSSR count). The lowest BCUT2D eigenvalue weighted by Crippen LogP contribution is -2.37. The fourth-order valence-corrected chi connectivity index (χ4v) is 3.36. The van der Waals surface area contributed by atoms with E-state index in [4.69, 9.17) is 21.1 Å². The maximum Gasteiger partial charge on any atom is 0.288 e. The number of aliphatic hydroxyl groups excluding tert-OH is 1. The highest BCUT2D eigenvalue weighted by Crippen LogP contribution is 2.40. The number of halogens is 1. The van der Waals surface area contributed by atoms with Gasteiger partial charge in [0.15, 0.2) is 5.76 Å². The molecule has 1 aromatic carbocycles. The molecule has 1 aromatic rings. The van der Waals surface area contributed by atoms with Crippen LogP contribution in [0, 0.1) is 5.92 Å². The van der Waals surface area contributed by atoms with Crippen LogP contribution < -0.4 is 0 Å². The van der Waals surface area contributed by atoms with Crippen molar-refractivity contribution in [3.8, 4) is 0 Å². The van der Waals surface area contributed by atoms with E-state index in [1.54, 1.807) is 4.90 Å². The SMILES string of the molecule is CCO[C@H]1OC(C(=O)N2CC2)=C[C@@H](c2ccc(Cl)cc2)[C@H]1CCCO. The molecule has 136 valence electrons. The average molecular weight is 366 g/mol. The van der Waals surface area contributed by atoms with Gasteiger partial charge in [0, 0.05) is 43.2 Å². The van der Waals surface area contributed by atoms with Crippen molar-refractivity contribution >= 4 is 17.5 Å². The van der Waals surface area contributed by atoms with Gasteiger partial charge in [-0.2, -0.15) is 0 Å². The number of nitrogens with zero attached hydrogens (tertiary/aromatic N) is 1. The predicted octanol–water partition coefficient (Wildman–Crippen LogP) is 2.93. The lowest BCUT2D eigenvalue weighted by molar-refractivity contribution is -0.168. The summed E-state index contributed by atoms with van der Waals surface area (Å²) in [5.74, 6) is 0.285. The molecule has 25 heavy (non-hydrogen) atoms. The van der Waals surface area contributed by atoms with Crippen molar-refractivity contribution < 1.29 is 19.4 Å². The first-order valence-electron chi connectivity index (χ1n) is 8.79. The number of carbonyl (C=O) groups excluding carboxylic acids is 1. The summed E-state index contributed by atoms with van der Waals surface area (Å²) in [6, 6.07) is 7.66. The second-order valence-electron chi connectivity index (χ2n) is 6.37. The first kappa shape index (κ1) is 18.2. The van der Waals surface area contributed by atoms with Crippen LogP contribution >= 0.6 is 11.6 Å². The molecule has 1 fully saturated rings. The molecule has 0 unspecified atom stereocenters. The van der Waals surface area contributed by atoms with Crippen LogP contribution in [0.4, 0.5) is 0 Å². The number of benzene rings is 1. The number of allylic oxidation sites excluding steroid dienone is 1. The third-order valence-electron chi connectivity index (χ3n) is 4.61. The Labute approximate surface area is 153 Å². The van der Waals surface area contributed by atoms with Gasteiger partial charge in [-0.1, -0.05) is 23.7 Å². The van der Waals surface area contributed by atoms with Gasteiger partial charge < -0.3 is 19.5 Å². The van der Waals surface area contributed by atoms with Gasteiger partial charge in [0.1, 0.15) is 0 Å². The fourth-order valence-electron chi connectivity index (χ4n) is 3.23. The highest BCUT2D eigenvalue weighted by Gasteiger charge is 2.40. The van der Waals surface area contributed by atoms with Crippen molar-refractivity contribution in [3.05, 3.63) is 46.7 Å². The minimum Gasteiger partial charge on any atom is -0.459 e. The van der Waals surface area contributed by atoms with Crippen molar-refractivity contribution in [3.63, 3.8) is 0 Å². The molecular weight excluding hydrogens is 342 g/mol. The highest BCUT2D eigenvalue weighted by atomic mass is 35.5. The Balaban J connectivity index is 1.93. The van der Waals surface area contributed by atoms with Gasteiger partial charge in [-0.05, 0) is 43.5 Å². The van der Waals surface area contributed by atoms with Crippen molar-refractivity contribution in [2.75, 3.05) is 26.3 Å². The minimum absolute atomic E-state index is 0.0204. The molecule has 2 heterocycles. The molecule has 0 aliphatic carbocycles. The molecule has 2 aliphatic rings. The van der Waals surface area contributed by atoms with Gasteiger partial charge in [-0.15, -0.1) is 0 Å². The zero-order valence-electron chi connectivity index (χ0n) is 14.4. The molecule has 0 spiro atoms. The number of hydrogen-bond donors (Lipinski definition) is 1. The largest absolute Gasteiger partial charge is 0.459 e. The van der Waals surface area contributed by atoms with E-state index in [0.717, 1.165) is 25.1 Å². The molecular formula is C19H24ClNO4. The van der Waals surface area contributed by atoms with Gasteiger partial charge in [0.25, 0.3) is 5.91 Å². The van der Waals surface area contributed by atoms with Crippen LogP contribution in [-0.2, 0) is 14.3 Å². The molecule has 5 nitrogen and oxygen atoms in total. The van der Waals surface area contributed by atoms with Gasteiger partial charge in [-0.3, -0.25) is 4.79 Å². The third kappa shape index (κ3) is 4.35. The van der Waals surface area contributed by atoms with Gasteiger partial charge in [0.05, 0.1) is 0 Å². The Morgan fingerprint density at radius 2 is 2.08 bits per heavy atom. The van der Waals surface area contributed by atoms with Crippen molar-refractivity contribution in [2.45, 2.75) is 32.0 Å². The monoisotopic (exact) mass is 365 g/mol. The molecule has 1 saturated heterocycles. The number of rotatable bonds is 7. The molecule has 0 bridgehead atoms. The Morgan fingerprint density at radius 1 is 1.36 bits per heavy atom. The van der Waals surface area contributed by atoms with Crippen molar-refractivity contribution in [1.29, 1.82) is 0 Å². The predicted molar refractivity (Wildman–Crippen MR) is 95.2 cm³/mol. The van der Waals surface area contributed by atoms with Crippen LogP contribution in [0.2, 0.25) is 5.02 Å². The highest BCUT2D eigenvalue weighted by molar-refractivity contribution is 6.30. The van der Waals surface area contributed by atoms with Crippen LogP contribution in [0.3, 0.4) is 0 Å². The van der Waals surface area contributed by atoms with Crippen LogP contribution in [0.15, 0.2) is 36.1 Å². The van der Waals surface area contributed by atoms with Crippen LogP contribution in [-0.4, -0.2) is 48.5 Å². The number of aliphatic hydroxyl groups is 1. The quantitative estimate of drug-likeness (QED) is 0.755. The summed E-state index contributed by atoms with van der Waals surface area (Å²) in [6.07, 6.45) is 2.81. The topological polar surface area (TPSA) is 58.8 Å². The van der Waals surface area contributed by atoms with E-state index in [2.05, 4.69) is 0 Å². The molecule has 0 radical (unpaired) electrons. The molecule has 2 aliphatic heterocycles. The van der Waals surface area contributed by atoms with E-state index in [-0.39, 0.29) is 24.3 Å². The second kappa shape index (κ2) is 8.21. The Hall–Kier alpha value is -1.56. The van der Waals surface area contributed by atoms with Gasteiger partial charge in [0.2, 0.25) is 6.29 Å². The number of carbonyl (C=O) groups is 1. The van der Waals surface area contributed by atoms with E-state index >= 15 is 0 Å². The minimum atomic E-state index is -0.499. The lowest BCUT2D eigenvalue weighted by atomic mass is 9.80. The summed E-state index contributed by atoms with van der Waals surface area (Å²) in [4.78, 5) is 14.2. The first-order valence-corrected chi connectivity index (χ1v) is 9.17. The van der Waals surface area contributed by atoms with E-state index < -0.39 is 6.29 Å². The molecule has 1 amide bonds. The Bertz CT molecular complexity index is 627. The number of ether oxygens (including phenoxy) is 2. The van der Waals surface area contributed by atoms with Gasteiger partial charge in [-0.25, -0.2) is 0 Å². The Kier molecular flexibility index (Phi) is 5.99. The van der Waals surface area contributed by atoms with E-state index in [9.17, 15) is 9.90 Å². The maximum absolute atomic E-state index is 12.5. The summed E-state index contributed by atoms with van der Waals surface area (Å²) >= 11 is 6.02. The summed E-state index contributed by atoms with van der Waals surface area (Å²) in [7, 11) is 0. The molecule has 6 heteroatoms. The van der Waals surface area contributed by atoms with E-state index in [1.165, 1.54) is 0 Å². The average Bonchev–Trinajstić information content (AvgIpc) is 3.45. The fraction of sp³-hybridized carbons (Fsp3) is 0.526. The van der Waals surface area contributed by atoms with Crippen LogP contribution in [0.5, 0.6) is 0 Å². The van der Waals surface area contributed by atoms with Gasteiger partial charge >= 0.3 is 0 Å². The summed E-state index contributed by atoms with van der Waals surface area (Å²) < 4.78 is 11.7. The standard InChI is InChI=1S/C19H24ClNO4/c1-2-24-19-15(4-3-11-22)16(13-5-7-14(20)8-6-13)12-17(25-19)18(23)21-9-10-21/h5-8,12,15-16,19,22H,2-4,9-11H2,1H3/t15-,16+,19+/m1/s1. The molecule has 0 aromatic heterocycles. The first-order chi connectivity index (χ1) is 12.1. The second-order valence-corrected chi connectivity index (χ2v) is 6.81. The summed E-state index contributed by atoms with van der Waals surface area (Å²) in [5, 5.41) is 9.93. The molecule has 1 N–H and O–H groups in total.